The molecule has 5 aromatic rings. The molecular formula is C46H51N5. The predicted molar refractivity (Wildman–Crippen MR) is 212 cm³/mol. The molecule has 0 N–H and O–H groups in total. The minimum atomic E-state index is -0.351. The van der Waals surface area contributed by atoms with E-state index in [2.05, 4.69) is 155 Å². The van der Waals surface area contributed by atoms with E-state index >= 15 is 0 Å². The van der Waals surface area contributed by atoms with E-state index in [4.69, 9.17) is 0 Å². The second kappa shape index (κ2) is 12.0. The third kappa shape index (κ3) is 4.94. The lowest BCUT2D eigenvalue weighted by molar-refractivity contribution is 0.203. The summed E-state index contributed by atoms with van der Waals surface area (Å²) in [6, 6.07) is 34.0. The molecule has 0 radical (unpaired) electrons. The van der Waals surface area contributed by atoms with Gasteiger partial charge in [-0.3, -0.25) is 0 Å². The van der Waals surface area contributed by atoms with E-state index in [0.29, 0.717) is 12.1 Å². The van der Waals surface area contributed by atoms with Crippen LogP contribution >= 0.6 is 0 Å². The average Bonchev–Trinajstić information content (AvgIpc) is 3.94. The van der Waals surface area contributed by atoms with E-state index in [1.54, 1.807) is 0 Å². The first-order valence-corrected chi connectivity index (χ1v) is 19.7. The highest BCUT2D eigenvalue weighted by molar-refractivity contribution is 6.11. The van der Waals surface area contributed by atoms with Crippen LogP contribution in [0.25, 0.3) is 27.5 Å². The summed E-state index contributed by atoms with van der Waals surface area (Å²) in [7, 11) is 0. The Labute approximate surface area is 303 Å². The minimum Gasteiger partial charge on any atom is -0.355 e. The van der Waals surface area contributed by atoms with Gasteiger partial charge in [0.2, 0.25) is 0 Å². The van der Waals surface area contributed by atoms with Crippen LogP contribution in [0.1, 0.15) is 88.8 Å². The van der Waals surface area contributed by atoms with Gasteiger partial charge in [0.15, 0.2) is 0 Å². The Balaban J connectivity index is 1.06. The number of nitrogens with zero attached hydrogens (tertiary/aromatic N) is 5. The second-order valence-electron chi connectivity index (χ2n) is 16.6. The zero-order valence-electron chi connectivity index (χ0n) is 30.5. The van der Waals surface area contributed by atoms with Crippen LogP contribution in [0.5, 0.6) is 0 Å². The molecule has 2 fully saturated rings. The number of aromatic nitrogens is 1. The molecule has 4 heterocycles. The quantitative estimate of drug-likeness (QED) is 0.185. The molecule has 2 aliphatic carbocycles. The highest BCUT2D eigenvalue weighted by atomic mass is 15.4. The van der Waals surface area contributed by atoms with Crippen molar-refractivity contribution in [2.24, 2.45) is 11.8 Å². The largest absolute Gasteiger partial charge is 0.355 e. The SMILES string of the molecule is CC1CCC(N2C=CN(c3cccc(C4(C)c5cc(N6C=CN(C7CCC(C)CC7)C6)ccc5-n5c6ccccc6c6cccc4c65)c3)C2)CC1. The van der Waals surface area contributed by atoms with Crippen LogP contribution in [0.3, 0.4) is 0 Å². The lowest BCUT2D eigenvalue weighted by atomic mass is 9.68. The number of para-hydroxylation sites is 2. The van der Waals surface area contributed by atoms with Gasteiger partial charge in [-0.05, 0) is 123 Å². The highest BCUT2D eigenvalue weighted by Crippen LogP contribution is 2.52. The Hall–Kier alpha value is -4.64. The van der Waals surface area contributed by atoms with Crippen molar-refractivity contribution in [3.05, 3.63) is 126 Å². The number of benzene rings is 4. The Bertz CT molecular complexity index is 2180. The van der Waals surface area contributed by atoms with Gasteiger partial charge in [-0.15, -0.1) is 0 Å². The fourth-order valence-corrected chi connectivity index (χ4v) is 10.3. The van der Waals surface area contributed by atoms with Crippen LogP contribution in [0, 0.1) is 11.8 Å². The smallest absolute Gasteiger partial charge is 0.0944 e. The molecule has 5 nitrogen and oxygen atoms in total. The summed E-state index contributed by atoms with van der Waals surface area (Å²) in [5.41, 5.74) is 10.2. The fraction of sp³-hybridized carbons (Fsp3) is 0.391. The zero-order chi connectivity index (χ0) is 34.3. The van der Waals surface area contributed by atoms with Gasteiger partial charge in [0.1, 0.15) is 0 Å². The standard InChI is InChI=1S/C46H51N5/c1-32-14-18-35(19-15-32)47-24-26-49(30-47)37-9-6-8-34(28-37)46(3)41-12-7-11-40-39-10-4-5-13-43(39)51(45(40)41)44-23-22-38(29-42(44)46)50-27-25-48(31-50)36-20-16-33(2)17-21-36/h4-13,22-29,32-33,35-36H,14-21,30-31H2,1-3H3. The zero-order valence-corrected chi connectivity index (χ0v) is 30.5. The Kier molecular flexibility index (Phi) is 7.30. The van der Waals surface area contributed by atoms with Gasteiger partial charge >= 0.3 is 0 Å². The summed E-state index contributed by atoms with van der Waals surface area (Å²) in [5, 5.41) is 2.65. The predicted octanol–water partition coefficient (Wildman–Crippen LogP) is 10.7. The summed E-state index contributed by atoms with van der Waals surface area (Å²) >= 11 is 0. The van der Waals surface area contributed by atoms with Crippen LogP contribution in [0.15, 0.2) is 110 Å². The molecule has 4 aromatic carbocycles. The van der Waals surface area contributed by atoms with Crippen molar-refractivity contribution >= 4 is 33.2 Å². The molecule has 5 aliphatic rings. The van der Waals surface area contributed by atoms with E-state index < -0.39 is 0 Å². The second-order valence-corrected chi connectivity index (χ2v) is 16.6. The third-order valence-corrected chi connectivity index (χ3v) is 13.5. The van der Waals surface area contributed by atoms with Crippen molar-refractivity contribution in [2.45, 2.75) is 89.6 Å². The number of fused-ring (bicyclic) bond motifs is 5. The molecule has 3 aliphatic heterocycles. The van der Waals surface area contributed by atoms with E-state index in [9.17, 15) is 0 Å². The van der Waals surface area contributed by atoms with E-state index in [0.717, 1.165) is 25.2 Å². The molecule has 260 valence electrons. The van der Waals surface area contributed by atoms with E-state index in [1.807, 2.05) is 0 Å². The van der Waals surface area contributed by atoms with Gasteiger partial charge < -0.3 is 24.2 Å². The van der Waals surface area contributed by atoms with Gasteiger partial charge in [0, 0.05) is 64.4 Å². The van der Waals surface area contributed by atoms with Crippen molar-refractivity contribution in [3.63, 3.8) is 0 Å². The first-order chi connectivity index (χ1) is 25.0. The molecule has 1 aromatic heterocycles. The summed E-state index contributed by atoms with van der Waals surface area (Å²) < 4.78 is 2.55. The molecule has 2 saturated carbocycles. The van der Waals surface area contributed by atoms with Crippen molar-refractivity contribution in [2.75, 3.05) is 23.1 Å². The first kappa shape index (κ1) is 31.1. The maximum absolute atomic E-state index is 2.59. The number of hydrogen-bond donors (Lipinski definition) is 0. The fourth-order valence-electron chi connectivity index (χ4n) is 10.3. The molecule has 1 atom stereocenters. The Morgan fingerprint density at radius 1 is 0.549 bits per heavy atom. The van der Waals surface area contributed by atoms with Gasteiger partial charge in [-0.25, -0.2) is 0 Å². The summed E-state index contributed by atoms with van der Waals surface area (Å²) in [5.74, 6) is 1.73. The summed E-state index contributed by atoms with van der Waals surface area (Å²) in [4.78, 5) is 10.1. The van der Waals surface area contributed by atoms with Crippen LogP contribution in [-0.2, 0) is 5.41 Å². The topological polar surface area (TPSA) is 17.9 Å². The highest BCUT2D eigenvalue weighted by Gasteiger charge is 2.41. The van der Waals surface area contributed by atoms with Crippen molar-refractivity contribution in [1.82, 2.24) is 14.4 Å². The van der Waals surface area contributed by atoms with Crippen LogP contribution in [0.2, 0.25) is 0 Å². The molecule has 1 unspecified atom stereocenters. The molecule has 10 rings (SSSR count). The lowest BCUT2D eigenvalue weighted by Gasteiger charge is -2.39. The molecule has 0 saturated heterocycles. The van der Waals surface area contributed by atoms with Crippen molar-refractivity contribution in [1.29, 1.82) is 0 Å². The number of rotatable bonds is 5. The molecule has 5 heteroatoms. The molecule has 0 amide bonds. The summed E-state index contributed by atoms with van der Waals surface area (Å²) in [6.45, 7) is 9.16. The third-order valence-electron chi connectivity index (χ3n) is 13.5. The monoisotopic (exact) mass is 673 g/mol. The van der Waals surface area contributed by atoms with Crippen LogP contribution < -0.4 is 9.80 Å². The molecule has 0 bridgehead atoms. The van der Waals surface area contributed by atoms with Gasteiger partial charge in [-0.1, -0.05) is 62.4 Å². The van der Waals surface area contributed by atoms with Crippen molar-refractivity contribution in [3.8, 4) is 5.69 Å². The number of anilines is 2. The molecule has 51 heavy (non-hydrogen) atoms. The lowest BCUT2D eigenvalue weighted by Crippen LogP contribution is -2.37. The Morgan fingerprint density at radius 3 is 1.84 bits per heavy atom. The van der Waals surface area contributed by atoms with Gasteiger partial charge in [0.25, 0.3) is 0 Å². The first-order valence-electron chi connectivity index (χ1n) is 19.7. The maximum atomic E-state index is 2.59. The van der Waals surface area contributed by atoms with E-state index in [-0.39, 0.29) is 5.41 Å². The molecule has 0 spiro atoms. The van der Waals surface area contributed by atoms with Crippen molar-refractivity contribution < 1.29 is 0 Å². The minimum absolute atomic E-state index is 0.351. The maximum Gasteiger partial charge on any atom is 0.0944 e. The van der Waals surface area contributed by atoms with Gasteiger partial charge in [-0.2, -0.15) is 0 Å². The van der Waals surface area contributed by atoms with Crippen LogP contribution in [0.4, 0.5) is 11.4 Å². The normalized spacial score (nSPS) is 27.3. The van der Waals surface area contributed by atoms with Gasteiger partial charge in [0.05, 0.1) is 30.1 Å². The Morgan fingerprint density at radius 2 is 1.16 bits per heavy atom. The van der Waals surface area contributed by atoms with E-state index in [1.165, 1.54) is 107 Å². The summed E-state index contributed by atoms with van der Waals surface area (Å²) in [6.07, 6.45) is 19.9. The molecular weight excluding hydrogens is 623 g/mol. The number of hydrogen-bond acceptors (Lipinski definition) is 4. The van der Waals surface area contributed by atoms with Crippen LogP contribution in [-0.4, -0.2) is 39.8 Å². The average molecular weight is 674 g/mol.